The summed E-state index contributed by atoms with van der Waals surface area (Å²) < 4.78 is 5.74. The normalized spacial score (nSPS) is 25.2. The largest absolute Gasteiger partial charge is 0.419 e. The summed E-state index contributed by atoms with van der Waals surface area (Å²) in [5, 5.41) is 7.03. The maximum absolute atomic E-state index is 12.3. The minimum atomic E-state index is -1.66. The van der Waals surface area contributed by atoms with Gasteiger partial charge in [-0.1, -0.05) is 31.4 Å². The van der Waals surface area contributed by atoms with Crippen LogP contribution in [0.15, 0.2) is 23.0 Å². The molecule has 20 heavy (non-hydrogen) atoms. The molecule has 1 aliphatic heterocycles. The van der Waals surface area contributed by atoms with Crippen LogP contribution in [0.25, 0.3) is 0 Å². The zero-order valence-corrected chi connectivity index (χ0v) is 14.2. The molecule has 0 saturated heterocycles. The Morgan fingerprint density at radius 2 is 1.75 bits per heavy atom. The van der Waals surface area contributed by atoms with Crippen LogP contribution in [0.2, 0.25) is 0 Å². The van der Waals surface area contributed by atoms with Crippen LogP contribution in [0.3, 0.4) is 0 Å². The summed E-state index contributed by atoms with van der Waals surface area (Å²) in [4.78, 5) is 11.9. The minimum Gasteiger partial charge on any atom is -0.391 e. The summed E-state index contributed by atoms with van der Waals surface area (Å²) in [7, 11) is -1.66. The zero-order valence-electron chi connectivity index (χ0n) is 12.5. The smallest absolute Gasteiger partial charge is 0.391 e. The van der Waals surface area contributed by atoms with Crippen LogP contribution in [0.5, 0.6) is 0 Å². The van der Waals surface area contributed by atoms with Gasteiger partial charge in [0, 0.05) is 4.75 Å². The Bertz CT molecular complexity index is 420. The van der Waals surface area contributed by atoms with Gasteiger partial charge in [0.15, 0.2) is 0 Å². The van der Waals surface area contributed by atoms with Crippen LogP contribution in [-0.4, -0.2) is 15.7 Å². The number of nitrogens with one attached hydrogen (secondary N) is 1. The van der Waals surface area contributed by atoms with E-state index in [4.69, 9.17) is 4.18 Å². The average molecular weight is 316 g/mol. The van der Waals surface area contributed by atoms with Gasteiger partial charge in [0.05, 0.1) is 4.87 Å². The van der Waals surface area contributed by atoms with Crippen LogP contribution >= 0.6 is 22.9 Å². The fraction of sp³-hybridized carbons (Fsp3) is 0.667. The highest BCUT2D eigenvalue weighted by Gasteiger charge is 2.39. The molecule has 1 N–H and O–H groups in total. The summed E-state index contributed by atoms with van der Waals surface area (Å²) in [6, 6.07) is 0. The number of carbonyl (C=O) groups excluding carboxylic acids is 1. The Hall–Kier alpha value is -0.550. The lowest BCUT2D eigenvalue weighted by Crippen LogP contribution is -2.46. The van der Waals surface area contributed by atoms with Crippen LogP contribution in [0.1, 0.15) is 52.9 Å². The SMILES string of the molecule is CC(C)(C)S1(OC(=O)NC2(S)CCCCC2)C=CC=C1. The predicted molar refractivity (Wildman–Crippen MR) is 90.0 cm³/mol. The Balaban J connectivity index is 2.03. The van der Waals surface area contributed by atoms with Crippen LogP contribution in [-0.2, 0) is 4.18 Å². The summed E-state index contributed by atoms with van der Waals surface area (Å²) in [5.41, 5.74) is 0. The van der Waals surface area contributed by atoms with Crippen molar-refractivity contribution in [1.29, 1.82) is 0 Å². The van der Waals surface area contributed by atoms with Gasteiger partial charge in [0.25, 0.3) is 0 Å². The number of hydrogen-bond acceptors (Lipinski definition) is 3. The fourth-order valence-corrected chi connectivity index (χ4v) is 5.17. The highest BCUT2D eigenvalue weighted by molar-refractivity contribution is 8.36. The van der Waals surface area contributed by atoms with E-state index in [2.05, 4.69) is 38.7 Å². The number of allylic oxidation sites excluding steroid dienone is 2. The molecule has 5 heteroatoms. The molecule has 0 aromatic heterocycles. The minimum absolute atomic E-state index is 0.107. The van der Waals surface area contributed by atoms with E-state index in [1.165, 1.54) is 6.42 Å². The Kier molecular flexibility index (Phi) is 4.50. The molecule has 1 fully saturated rings. The van der Waals surface area contributed by atoms with Crippen molar-refractivity contribution in [1.82, 2.24) is 5.32 Å². The first-order chi connectivity index (χ1) is 9.27. The fourth-order valence-electron chi connectivity index (χ4n) is 2.56. The molecule has 0 spiro atoms. The molecular weight excluding hydrogens is 290 g/mol. The summed E-state index contributed by atoms with van der Waals surface area (Å²) in [6.07, 6.45) is 8.85. The molecule has 0 aromatic rings. The van der Waals surface area contributed by atoms with E-state index in [-0.39, 0.29) is 10.8 Å². The molecule has 0 radical (unpaired) electrons. The molecule has 1 amide bonds. The number of amides is 1. The monoisotopic (exact) mass is 315 g/mol. The van der Waals surface area contributed by atoms with Crippen molar-refractivity contribution >= 4 is 29.0 Å². The lowest BCUT2D eigenvalue weighted by Gasteiger charge is -2.43. The van der Waals surface area contributed by atoms with Crippen molar-refractivity contribution in [2.45, 2.75) is 62.5 Å². The second-order valence-corrected chi connectivity index (χ2v) is 10.6. The van der Waals surface area contributed by atoms with Crippen molar-refractivity contribution in [2.75, 3.05) is 0 Å². The third kappa shape index (κ3) is 3.37. The molecule has 0 atom stereocenters. The quantitative estimate of drug-likeness (QED) is 0.564. The summed E-state index contributed by atoms with van der Waals surface area (Å²) >= 11 is 4.65. The maximum Gasteiger partial charge on any atom is 0.419 e. The Morgan fingerprint density at radius 1 is 1.20 bits per heavy atom. The van der Waals surface area contributed by atoms with Crippen LogP contribution < -0.4 is 5.32 Å². The average Bonchev–Trinajstić information content (AvgIpc) is 2.78. The van der Waals surface area contributed by atoms with Crippen LogP contribution in [0, 0.1) is 0 Å². The first-order valence-corrected chi connectivity index (χ1v) is 9.31. The van der Waals surface area contributed by atoms with E-state index in [0.29, 0.717) is 0 Å². The molecule has 1 saturated carbocycles. The van der Waals surface area contributed by atoms with Gasteiger partial charge >= 0.3 is 6.09 Å². The molecule has 2 rings (SSSR count). The van der Waals surface area contributed by atoms with Gasteiger partial charge in [-0.25, -0.2) is 4.79 Å². The Labute approximate surface area is 129 Å². The van der Waals surface area contributed by atoms with Gasteiger partial charge in [-0.2, -0.15) is 12.6 Å². The lowest BCUT2D eigenvalue weighted by atomic mass is 9.95. The van der Waals surface area contributed by atoms with Gasteiger partial charge in [0.2, 0.25) is 0 Å². The van der Waals surface area contributed by atoms with E-state index < -0.39 is 15.2 Å². The Morgan fingerprint density at radius 3 is 2.25 bits per heavy atom. The highest BCUT2D eigenvalue weighted by atomic mass is 32.3. The summed E-state index contributed by atoms with van der Waals surface area (Å²) in [5.74, 6) is 0. The predicted octanol–water partition coefficient (Wildman–Crippen LogP) is 4.86. The second kappa shape index (κ2) is 5.68. The highest BCUT2D eigenvalue weighted by Crippen LogP contribution is 2.64. The molecule has 1 heterocycles. The van der Waals surface area contributed by atoms with Gasteiger partial charge in [-0.3, -0.25) is 0 Å². The van der Waals surface area contributed by atoms with Crippen molar-refractivity contribution < 1.29 is 8.98 Å². The van der Waals surface area contributed by atoms with E-state index in [0.717, 1.165) is 25.7 Å². The van der Waals surface area contributed by atoms with Crippen molar-refractivity contribution in [2.24, 2.45) is 0 Å². The molecule has 114 valence electrons. The number of hydrogen-bond donors (Lipinski definition) is 2. The standard InChI is InChI=1S/C15H25NO2S2/c1-14(2,3)20(11-7-8-12-20)18-13(17)16-15(19)9-5-4-6-10-15/h7-8,11-12,19H,4-6,9-10H2,1-3H3,(H,16,17). The molecule has 0 unspecified atom stereocenters. The summed E-state index contributed by atoms with van der Waals surface area (Å²) in [6.45, 7) is 6.31. The number of thiol groups is 1. The van der Waals surface area contributed by atoms with Gasteiger partial charge in [0.1, 0.15) is 0 Å². The second-order valence-electron chi connectivity index (χ2n) is 6.51. The van der Waals surface area contributed by atoms with Gasteiger partial charge < -0.3 is 9.50 Å². The molecule has 1 aliphatic carbocycles. The molecule has 0 aromatic carbocycles. The molecule has 3 nitrogen and oxygen atoms in total. The zero-order chi connectivity index (χ0) is 14.9. The van der Waals surface area contributed by atoms with Crippen LogP contribution in [0.4, 0.5) is 4.79 Å². The third-order valence-electron chi connectivity index (χ3n) is 3.86. The van der Waals surface area contributed by atoms with E-state index in [1.807, 2.05) is 23.0 Å². The first kappa shape index (κ1) is 15.8. The van der Waals surface area contributed by atoms with E-state index in [1.54, 1.807) is 0 Å². The number of rotatable bonds is 2. The maximum atomic E-state index is 12.3. The molecular formula is C15H25NO2S2. The van der Waals surface area contributed by atoms with E-state index in [9.17, 15) is 4.79 Å². The lowest BCUT2D eigenvalue weighted by molar-refractivity contribution is 0.194. The topological polar surface area (TPSA) is 38.3 Å². The van der Waals surface area contributed by atoms with E-state index >= 15 is 0 Å². The van der Waals surface area contributed by atoms with Crippen molar-refractivity contribution in [3.05, 3.63) is 23.0 Å². The van der Waals surface area contributed by atoms with Gasteiger partial charge in [-0.15, -0.1) is 0 Å². The third-order valence-corrected chi connectivity index (χ3v) is 7.88. The van der Waals surface area contributed by atoms with Crippen molar-refractivity contribution in [3.8, 4) is 0 Å². The first-order valence-electron chi connectivity index (χ1n) is 7.18. The molecule has 2 aliphatic rings. The van der Waals surface area contributed by atoms with Gasteiger partial charge in [-0.05, 0) is 54.7 Å². The number of carbonyl (C=O) groups is 1. The molecule has 0 bridgehead atoms. The van der Waals surface area contributed by atoms with Crippen molar-refractivity contribution in [3.63, 3.8) is 0 Å².